The number of nitrogens with one attached hydrogen (secondary N) is 4. The second kappa shape index (κ2) is 21.2. The number of benzene rings is 2. The van der Waals surface area contributed by atoms with Crippen LogP contribution in [0.15, 0.2) is 94.7 Å². The number of carbonyl (C=O) groups is 4. The first-order valence-corrected chi connectivity index (χ1v) is 19.6. The molecule has 5 atom stereocenters. The quantitative estimate of drug-likeness (QED) is 0.0860. The third-order valence-corrected chi connectivity index (χ3v) is 9.12. The molecule has 3 heterocycles. The summed E-state index contributed by atoms with van der Waals surface area (Å²) in [6.07, 6.45) is 2.40. The van der Waals surface area contributed by atoms with Crippen LogP contribution in [0.5, 0.6) is 0 Å². The summed E-state index contributed by atoms with van der Waals surface area (Å²) in [5.74, 6) is -2.03. The lowest BCUT2D eigenvalue weighted by molar-refractivity contribution is -0.128. The zero-order chi connectivity index (χ0) is 44.1. The fourth-order valence-corrected chi connectivity index (χ4v) is 6.23. The number of aryl methyl sites for hydroxylation is 1. The van der Waals surface area contributed by atoms with Gasteiger partial charge in [0.25, 0.3) is 11.5 Å². The van der Waals surface area contributed by atoms with Gasteiger partial charge in [-0.15, -0.1) is 0 Å². The Hall–Kier alpha value is -6.17. The molecule has 8 N–H and O–H groups in total. The van der Waals surface area contributed by atoms with Gasteiger partial charge in [0.05, 0.1) is 37.2 Å². The molecular formula is C43H56N8O9. The summed E-state index contributed by atoms with van der Waals surface area (Å²) < 4.78 is 6.63. The number of hydrogen-bond acceptors (Lipinski definition) is 10. The summed E-state index contributed by atoms with van der Waals surface area (Å²) in [4.78, 5) is 82.5. The number of H-pyrrole nitrogens is 1. The summed E-state index contributed by atoms with van der Waals surface area (Å²) in [6, 6.07) is 17.3. The first kappa shape index (κ1) is 46.5. The average molecular weight is 829 g/mol. The Morgan fingerprint density at radius 2 is 1.65 bits per heavy atom. The van der Waals surface area contributed by atoms with Crippen LogP contribution in [0, 0.1) is 12.8 Å². The van der Waals surface area contributed by atoms with Crippen LogP contribution in [0.3, 0.4) is 0 Å². The molecule has 2 unspecified atom stereocenters. The molecule has 322 valence electrons. The van der Waals surface area contributed by atoms with Crippen LogP contribution in [0.1, 0.15) is 68.9 Å². The molecule has 0 spiro atoms. The molecule has 2 aromatic heterocycles. The molecule has 2 aromatic carbocycles. The number of para-hydroxylation sites is 1. The molecule has 60 heavy (non-hydrogen) atoms. The van der Waals surface area contributed by atoms with Crippen molar-refractivity contribution >= 4 is 34.7 Å². The Morgan fingerprint density at radius 1 is 0.967 bits per heavy atom. The lowest BCUT2D eigenvalue weighted by atomic mass is 9.99. The standard InChI is InChI=1S/C33H44N6O5.C10H12N2O4/c1-21(2)19-39(32(44)38-33(3,4)5)20-28(40)26(17-22-11-7-6-8-12-22)36-31(43)27(18-29(34)41)37-30(42)25-16-15-23-13-9-10-14-24(23)35-25;1-6-4-12(10(15)11-9(6)14)8-3-2-7(5-13)16-8/h6-16,21,26-28,40H,17-20H2,1-5H3,(H2,34,41)(H,36,43)(H,37,42)(H,38,44);2-4,7-8,13H,5H2,1H3,(H,11,14,15)/t26-,27-,28+;/m0./s1. The number of nitrogens with zero attached hydrogens (tertiary/aromatic N) is 3. The largest absolute Gasteiger partial charge is 0.393 e. The van der Waals surface area contributed by atoms with E-state index in [4.69, 9.17) is 15.6 Å². The maximum Gasteiger partial charge on any atom is 0.330 e. The number of aliphatic hydroxyl groups is 2. The highest BCUT2D eigenvalue weighted by Crippen LogP contribution is 2.19. The lowest BCUT2D eigenvalue weighted by Crippen LogP contribution is -2.57. The van der Waals surface area contributed by atoms with Gasteiger partial charge in [-0.25, -0.2) is 14.6 Å². The summed E-state index contributed by atoms with van der Waals surface area (Å²) in [5, 5.41) is 29.5. The molecule has 17 heteroatoms. The van der Waals surface area contributed by atoms with Crippen molar-refractivity contribution in [3.05, 3.63) is 123 Å². The van der Waals surface area contributed by atoms with Crippen LogP contribution in [-0.4, -0.2) is 103 Å². The second-order valence-corrected chi connectivity index (χ2v) is 16.0. The van der Waals surface area contributed by atoms with Gasteiger partial charge in [-0.05, 0) is 63.8 Å². The molecule has 1 aliphatic rings. The molecule has 0 saturated heterocycles. The van der Waals surface area contributed by atoms with E-state index >= 15 is 0 Å². The summed E-state index contributed by atoms with van der Waals surface area (Å²) in [5.41, 5.74) is 5.97. The van der Waals surface area contributed by atoms with Gasteiger partial charge < -0.3 is 41.5 Å². The molecule has 0 aliphatic carbocycles. The van der Waals surface area contributed by atoms with Crippen molar-refractivity contribution in [2.75, 3.05) is 19.7 Å². The molecular weight excluding hydrogens is 773 g/mol. The van der Waals surface area contributed by atoms with Crippen molar-refractivity contribution in [1.82, 2.24) is 35.4 Å². The Bertz CT molecular complexity index is 2250. The summed E-state index contributed by atoms with van der Waals surface area (Å²) in [7, 11) is 0. The number of nitrogens with two attached hydrogens (primary N) is 1. The maximum atomic E-state index is 13.6. The predicted octanol–water partition coefficient (Wildman–Crippen LogP) is 2.05. The van der Waals surface area contributed by atoms with Gasteiger partial charge in [-0.2, -0.15) is 0 Å². The van der Waals surface area contributed by atoms with Crippen LogP contribution in [0.4, 0.5) is 4.79 Å². The minimum absolute atomic E-state index is 0.0638. The van der Waals surface area contributed by atoms with E-state index in [0.29, 0.717) is 17.6 Å². The second-order valence-electron chi connectivity index (χ2n) is 16.0. The van der Waals surface area contributed by atoms with Crippen molar-refractivity contribution in [2.24, 2.45) is 11.7 Å². The minimum atomic E-state index is -1.32. The van der Waals surface area contributed by atoms with E-state index in [9.17, 15) is 33.9 Å². The van der Waals surface area contributed by atoms with E-state index in [-0.39, 0.29) is 37.2 Å². The number of urea groups is 1. The number of pyridine rings is 1. The Balaban J connectivity index is 0.000000411. The monoisotopic (exact) mass is 828 g/mol. The first-order valence-electron chi connectivity index (χ1n) is 19.6. The molecule has 0 fully saturated rings. The SMILES string of the molecule is CC(C)CN(C[C@@H](O)[C@H](Cc1ccccc1)NC(=O)[C@H](CC(N)=O)NC(=O)c1ccc2ccccc2n1)C(=O)NC(C)(C)C.Cc1cn(C2C=CC(CO)O2)c(=O)[nH]c1=O. The molecule has 0 saturated carbocycles. The summed E-state index contributed by atoms with van der Waals surface area (Å²) in [6.45, 7) is 11.3. The molecule has 17 nitrogen and oxygen atoms in total. The smallest absolute Gasteiger partial charge is 0.330 e. The van der Waals surface area contributed by atoms with E-state index in [1.54, 1.807) is 37.3 Å². The van der Waals surface area contributed by atoms with Gasteiger partial charge in [0.15, 0.2) is 6.23 Å². The molecule has 4 aromatic rings. The van der Waals surface area contributed by atoms with Gasteiger partial charge >= 0.3 is 11.7 Å². The Labute approximate surface area is 348 Å². The van der Waals surface area contributed by atoms with Crippen molar-refractivity contribution in [1.29, 1.82) is 0 Å². The van der Waals surface area contributed by atoms with Crippen LogP contribution >= 0.6 is 0 Å². The average Bonchev–Trinajstić information content (AvgIpc) is 3.67. The minimum Gasteiger partial charge on any atom is -0.393 e. The van der Waals surface area contributed by atoms with E-state index in [1.165, 1.54) is 21.7 Å². The number of ether oxygens (including phenoxy) is 1. The number of fused-ring (bicyclic) bond motifs is 1. The highest BCUT2D eigenvalue weighted by Gasteiger charge is 2.31. The number of rotatable bonds is 15. The molecule has 5 amide bonds. The van der Waals surface area contributed by atoms with E-state index < -0.39 is 71.4 Å². The molecule has 0 bridgehead atoms. The number of hydrogen-bond donors (Lipinski definition) is 7. The van der Waals surface area contributed by atoms with Crippen molar-refractivity contribution in [2.45, 2.75) is 90.4 Å². The van der Waals surface area contributed by atoms with Crippen LogP contribution in [0.25, 0.3) is 10.9 Å². The first-order chi connectivity index (χ1) is 28.3. The third kappa shape index (κ3) is 14.0. The van der Waals surface area contributed by atoms with Crippen molar-refractivity contribution in [3.8, 4) is 0 Å². The zero-order valence-electron chi connectivity index (χ0n) is 34.8. The van der Waals surface area contributed by atoms with Crippen molar-refractivity contribution < 1.29 is 34.1 Å². The van der Waals surface area contributed by atoms with Gasteiger partial charge in [-0.1, -0.05) is 74.5 Å². The fourth-order valence-electron chi connectivity index (χ4n) is 6.23. The van der Waals surface area contributed by atoms with E-state index in [0.717, 1.165) is 10.9 Å². The van der Waals surface area contributed by atoms with Gasteiger partial charge in [0.2, 0.25) is 11.8 Å². The van der Waals surface area contributed by atoms with Gasteiger partial charge in [0.1, 0.15) is 17.8 Å². The number of aliphatic hydroxyl groups excluding tert-OH is 2. The number of carbonyl (C=O) groups excluding carboxylic acids is 4. The topological polar surface area (TPSA) is 251 Å². The highest BCUT2D eigenvalue weighted by atomic mass is 16.5. The number of primary amides is 1. The van der Waals surface area contributed by atoms with Crippen molar-refractivity contribution in [3.63, 3.8) is 0 Å². The Kier molecular flexibility index (Phi) is 16.4. The van der Waals surface area contributed by atoms with E-state index in [2.05, 4.69) is 25.9 Å². The summed E-state index contributed by atoms with van der Waals surface area (Å²) >= 11 is 0. The molecule has 1 aliphatic heterocycles. The number of aromatic nitrogens is 3. The third-order valence-electron chi connectivity index (χ3n) is 9.12. The van der Waals surface area contributed by atoms with Crippen LogP contribution < -0.4 is 32.9 Å². The fraction of sp³-hybridized carbons (Fsp3) is 0.419. The number of amides is 5. The number of aromatic amines is 1. The predicted molar refractivity (Wildman–Crippen MR) is 226 cm³/mol. The van der Waals surface area contributed by atoms with Gasteiger partial charge in [-0.3, -0.25) is 28.7 Å². The highest BCUT2D eigenvalue weighted by molar-refractivity contribution is 5.99. The Morgan fingerprint density at radius 3 is 2.28 bits per heavy atom. The maximum absolute atomic E-state index is 13.6. The molecule has 0 radical (unpaired) electrons. The lowest BCUT2D eigenvalue weighted by Gasteiger charge is -2.34. The van der Waals surface area contributed by atoms with Crippen LogP contribution in [-0.2, 0) is 20.7 Å². The zero-order valence-corrected chi connectivity index (χ0v) is 34.8. The normalized spacial score (nSPS) is 16.3. The van der Waals surface area contributed by atoms with Gasteiger partial charge in [0, 0.05) is 29.2 Å². The molecule has 5 rings (SSSR count). The van der Waals surface area contributed by atoms with E-state index in [1.807, 2.05) is 77.1 Å². The van der Waals surface area contributed by atoms with Crippen LogP contribution in [0.2, 0.25) is 0 Å².